The molecular weight excluding hydrogens is 381 g/mol. The zero-order valence-electron chi connectivity index (χ0n) is 15.5. The van der Waals surface area contributed by atoms with Crippen LogP contribution in [0.4, 0.5) is 9.18 Å². The first-order chi connectivity index (χ1) is 13.5. The number of piperidine rings is 3. The van der Waals surface area contributed by atoms with Gasteiger partial charge in [0.1, 0.15) is 25.5 Å². The Morgan fingerprint density at radius 2 is 1.89 bits per heavy atom. The van der Waals surface area contributed by atoms with E-state index in [0.29, 0.717) is 29.1 Å². The van der Waals surface area contributed by atoms with Crippen molar-refractivity contribution in [2.75, 3.05) is 26.2 Å². The summed E-state index contributed by atoms with van der Waals surface area (Å²) in [6, 6.07) is 9.57. The Kier molecular flexibility index (Phi) is 5.46. The van der Waals surface area contributed by atoms with Gasteiger partial charge in [0.25, 0.3) is 0 Å². The number of fused-ring (bicyclic) bond motifs is 3. The summed E-state index contributed by atoms with van der Waals surface area (Å²) in [5.74, 6) is 0.160. The molecule has 0 saturated carbocycles. The number of ketones is 1. The van der Waals surface area contributed by atoms with Crippen LogP contribution >= 0.6 is 11.3 Å². The SMILES string of the molecule is O=C(OCc1ccc(F)cc1)O[C@H]1C[N+]2(CC(=O)c3cccs3)CCC1CC2. The molecule has 1 aromatic carbocycles. The molecule has 0 radical (unpaired) electrons. The van der Waals surface area contributed by atoms with Crippen molar-refractivity contribution in [2.45, 2.75) is 25.6 Å². The standard InChI is InChI=1S/C21H23FNO4S/c22-17-5-3-15(4-6-17)14-26-21(25)27-19-13-23(9-7-16(19)8-10-23)12-18(24)20-2-1-11-28-20/h1-6,11,16,19H,7-10,12-14H2/q+1/t16?,19-,23?/m0/s1. The van der Waals surface area contributed by atoms with E-state index < -0.39 is 6.16 Å². The number of ether oxygens (including phenoxy) is 2. The van der Waals surface area contributed by atoms with Crippen LogP contribution in [-0.4, -0.2) is 48.7 Å². The third kappa shape index (κ3) is 4.25. The molecule has 3 fully saturated rings. The van der Waals surface area contributed by atoms with Crippen molar-refractivity contribution in [1.82, 2.24) is 0 Å². The molecule has 1 atom stereocenters. The molecule has 3 aliphatic rings. The summed E-state index contributed by atoms with van der Waals surface area (Å²) in [5, 5.41) is 1.92. The summed E-state index contributed by atoms with van der Waals surface area (Å²) >= 11 is 1.47. The predicted molar refractivity (Wildman–Crippen MR) is 103 cm³/mol. The Hall–Kier alpha value is -2.25. The van der Waals surface area contributed by atoms with E-state index in [1.54, 1.807) is 12.1 Å². The number of quaternary nitrogens is 1. The highest BCUT2D eigenvalue weighted by Gasteiger charge is 2.48. The lowest BCUT2D eigenvalue weighted by Gasteiger charge is -2.51. The van der Waals surface area contributed by atoms with Crippen molar-refractivity contribution >= 4 is 23.3 Å². The van der Waals surface area contributed by atoms with Crippen LogP contribution in [0.2, 0.25) is 0 Å². The summed E-state index contributed by atoms with van der Waals surface area (Å²) in [6.07, 6.45) is 0.978. The van der Waals surface area contributed by atoms with Gasteiger partial charge in [0.05, 0.1) is 18.0 Å². The van der Waals surface area contributed by atoms with Crippen LogP contribution in [0.1, 0.15) is 28.1 Å². The van der Waals surface area contributed by atoms with E-state index in [2.05, 4.69) is 0 Å². The first-order valence-electron chi connectivity index (χ1n) is 9.53. The van der Waals surface area contributed by atoms with Gasteiger partial charge in [0.2, 0.25) is 5.78 Å². The Labute approximate surface area is 167 Å². The van der Waals surface area contributed by atoms with Crippen LogP contribution < -0.4 is 0 Å². The molecule has 0 aliphatic carbocycles. The minimum absolute atomic E-state index is 0.0490. The van der Waals surface area contributed by atoms with Crippen molar-refractivity contribution in [2.24, 2.45) is 5.92 Å². The van der Waals surface area contributed by atoms with E-state index in [1.807, 2.05) is 17.5 Å². The third-order valence-electron chi connectivity index (χ3n) is 5.83. The number of benzene rings is 1. The van der Waals surface area contributed by atoms with Gasteiger partial charge in [-0.25, -0.2) is 9.18 Å². The monoisotopic (exact) mass is 404 g/mol. The van der Waals surface area contributed by atoms with Crippen LogP contribution in [0.5, 0.6) is 0 Å². The number of carbonyl (C=O) groups is 2. The highest BCUT2D eigenvalue weighted by Crippen LogP contribution is 2.36. The van der Waals surface area contributed by atoms with E-state index >= 15 is 0 Å². The molecule has 2 bridgehead atoms. The number of rotatable bonds is 6. The Bertz CT molecular complexity index is 829. The number of hydrogen-bond donors (Lipinski definition) is 0. The van der Waals surface area contributed by atoms with Gasteiger partial charge in [-0.15, -0.1) is 11.3 Å². The maximum Gasteiger partial charge on any atom is 0.509 e. The maximum atomic E-state index is 12.9. The first kappa shape index (κ1) is 19.1. The fraction of sp³-hybridized carbons (Fsp3) is 0.429. The summed E-state index contributed by atoms with van der Waals surface area (Å²) < 4.78 is 24.4. The quantitative estimate of drug-likeness (QED) is 0.414. The number of Topliss-reactive ketones (excluding diaryl/α,β-unsaturated/α-hetero) is 1. The highest BCUT2D eigenvalue weighted by molar-refractivity contribution is 7.12. The Balaban J connectivity index is 1.33. The predicted octanol–water partition coefficient (Wildman–Crippen LogP) is 4.03. The molecule has 2 aromatic rings. The van der Waals surface area contributed by atoms with Gasteiger partial charge < -0.3 is 14.0 Å². The molecule has 0 amide bonds. The Morgan fingerprint density at radius 1 is 1.14 bits per heavy atom. The molecule has 3 saturated heterocycles. The molecule has 4 heterocycles. The summed E-state index contributed by atoms with van der Waals surface area (Å²) in [6.45, 7) is 3.07. The molecule has 5 nitrogen and oxygen atoms in total. The summed E-state index contributed by atoms with van der Waals surface area (Å²) in [4.78, 5) is 25.5. The van der Waals surface area contributed by atoms with E-state index in [9.17, 15) is 14.0 Å². The average Bonchev–Trinajstić information content (AvgIpc) is 3.23. The van der Waals surface area contributed by atoms with E-state index in [1.165, 1.54) is 23.5 Å². The molecule has 0 unspecified atom stereocenters. The number of carbonyl (C=O) groups excluding carboxylic acids is 2. The van der Waals surface area contributed by atoms with Crippen molar-refractivity contribution in [3.8, 4) is 0 Å². The fourth-order valence-electron chi connectivity index (χ4n) is 4.28. The molecule has 0 spiro atoms. The van der Waals surface area contributed by atoms with Crippen molar-refractivity contribution in [1.29, 1.82) is 0 Å². The zero-order valence-corrected chi connectivity index (χ0v) is 16.3. The van der Waals surface area contributed by atoms with Gasteiger partial charge in [-0.3, -0.25) is 4.79 Å². The molecule has 5 rings (SSSR count). The zero-order chi connectivity index (χ0) is 19.6. The average molecular weight is 404 g/mol. The summed E-state index contributed by atoms with van der Waals surface area (Å²) in [7, 11) is 0. The molecule has 28 heavy (non-hydrogen) atoms. The van der Waals surface area contributed by atoms with Crippen LogP contribution in [-0.2, 0) is 16.1 Å². The minimum Gasteiger partial charge on any atom is -0.429 e. The van der Waals surface area contributed by atoms with E-state index in [0.717, 1.165) is 30.8 Å². The van der Waals surface area contributed by atoms with Crippen LogP contribution in [0.3, 0.4) is 0 Å². The minimum atomic E-state index is -0.703. The second-order valence-electron chi connectivity index (χ2n) is 7.69. The molecular formula is C21H23FNO4S+. The number of nitrogens with zero attached hydrogens (tertiary/aromatic N) is 1. The maximum absolute atomic E-state index is 12.9. The second-order valence-corrected chi connectivity index (χ2v) is 8.64. The van der Waals surface area contributed by atoms with Gasteiger partial charge >= 0.3 is 6.16 Å². The lowest BCUT2D eigenvalue weighted by atomic mass is 9.83. The fourth-order valence-corrected chi connectivity index (χ4v) is 4.93. The van der Waals surface area contributed by atoms with Crippen LogP contribution in [0.25, 0.3) is 0 Å². The van der Waals surface area contributed by atoms with Crippen LogP contribution in [0, 0.1) is 11.7 Å². The molecule has 0 N–H and O–H groups in total. The topological polar surface area (TPSA) is 52.6 Å². The van der Waals surface area contributed by atoms with Crippen molar-refractivity contribution in [3.63, 3.8) is 0 Å². The second kappa shape index (κ2) is 8.01. The lowest BCUT2D eigenvalue weighted by Crippen LogP contribution is -2.65. The van der Waals surface area contributed by atoms with Crippen molar-refractivity contribution < 1.29 is 27.9 Å². The molecule has 3 aliphatic heterocycles. The van der Waals surface area contributed by atoms with Gasteiger partial charge in [0, 0.05) is 18.8 Å². The van der Waals surface area contributed by atoms with Gasteiger partial charge in [-0.2, -0.15) is 0 Å². The normalized spacial score (nSPS) is 26.0. The van der Waals surface area contributed by atoms with Crippen LogP contribution in [0.15, 0.2) is 41.8 Å². The van der Waals surface area contributed by atoms with Gasteiger partial charge in [-0.1, -0.05) is 18.2 Å². The van der Waals surface area contributed by atoms with Crippen molar-refractivity contribution in [3.05, 3.63) is 58.0 Å². The lowest BCUT2D eigenvalue weighted by molar-refractivity contribution is -0.938. The van der Waals surface area contributed by atoms with E-state index in [4.69, 9.17) is 9.47 Å². The third-order valence-corrected chi connectivity index (χ3v) is 6.74. The van der Waals surface area contributed by atoms with Gasteiger partial charge in [0.15, 0.2) is 6.10 Å². The summed E-state index contributed by atoms with van der Waals surface area (Å²) in [5.41, 5.74) is 0.706. The highest BCUT2D eigenvalue weighted by atomic mass is 32.1. The molecule has 148 valence electrons. The first-order valence-corrected chi connectivity index (χ1v) is 10.4. The van der Waals surface area contributed by atoms with E-state index in [-0.39, 0.29) is 24.3 Å². The number of hydrogen-bond acceptors (Lipinski definition) is 5. The van der Waals surface area contributed by atoms with Gasteiger partial charge in [-0.05, 0) is 29.1 Å². The number of halogens is 1. The number of thiophene rings is 1. The largest absolute Gasteiger partial charge is 0.509 e. The Morgan fingerprint density at radius 3 is 2.57 bits per heavy atom. The smallest absolute Gasteiger partial charge is 0.429 e. The molecule has 1 aromatic heterocycles. The molecule has 7 heteroatoms.